The summed E-state index contributed by atoms with van der Waals surface area (Å²) in [5.41, 5.74) is 0.104. The smallest absolute Gasteiger partial charge is 0.329 e. The summed E-state index contributed by atoms with van der Waals surface area (Å²) >= 11 is 1.50. The largest absolute Gasteiger partial charge is 0.339 e. The Morgan fingerprint density at radius 1 is 1.16 bits per heavy atom. The molecule has 6 nitrogen and oxygen atoms in total. The molecular formula is C18H17N3O3S. The molecule has 0 atom stereocenters. The Kier molecular flexibility index (Phi) is 4.01. The number of nitrogens with one attached hydrogen (secondary N) is 1. The van der Waals surface area contributed by atoms with E-state index in [0.717, 1.165) is 30.8 Å². The SMILES string of the molecule is O=C(c1ccc2c(=O)n(Cc3cccs3)c(=O)[nH]c2c1)N1CCCC1. The quantitative estimate of drug-likeness (QED) is 0.781. The Hall–Kier alpha value is -2.67. The third-order valence-corrected chi connectivity index (χ3v) is 5.38. The molecule has 4 rings (SSSR count). The van der Waals surface area contributed by atoms with Crippen molar-refractivity contribution in [2.24, 2.45) is 0 Å². The fraction of sp³-hybridized carbons (Fsp3) is 0.278. The van der Waals surface area contributed by atoms with E-state index in [2.05, 4.69) is 4.98 Å². The molecule has 1 amide bonds. The van der Waals surface area contributed by atoms with Crippen molar-refractivity contribution in [3.8, 4) is 0 Å². The van der Waals surface area contributed by atoms with Crippen molar-refractivity contribution in [2.75, 3.05) is 13.1 Å². The lowest BCUT2D eigenvalue weighted by Gasteiger charge is -2.15. The van der Waals surface area contributed by atoms with E-state index in [1.54, 1.807) is 23.1 Å². The van der Waals surface area contributed by atoms with E-state index in [-0.39, 0.29) is 18.0 Å². The highest BCUT2D eigenvalue weighted by molar-refractivity contribution is 7.09. The van der Waals surface area contributed by atoms with Gasteiger partial charge in [-0.3, -0.25) is 14.2 Å². The number of hydrogen-bond acceptors (Lipinski definition) is 4. The maximum Gasteiger partial charge on any atom is 0.329 e. The minimum atomic E-state index is -0.461. The van der Waals surface area contributed by atoms with Crippen molar-refractivity contribution in [2.45, 2.75) is 19.4 Å². The molecule has 0 radical (unpaired) electrons. The van der Waals surface area contributed by atoms with Crippen LogP contribution in [0.3, 0.4) is 0 Å². The molecule has 1 N–H and O–H groups in total. The van der Waals surface area contributed by atoms with Crippen molar-refractivity contribution in [3.63, 3.8) is 0 Å². The first-order valence-electron chi connectivity index (χ1n) is 8.22. The maximum atomic E-state index is 12.7. The second kappa shape index (κ2) is 6.33. The van der Waals surface area contributed by atoms with E-state index in [9.17, 15) is 14.4 Å². The van der Waals surface area contributed by atoms with Crippen LogP contribution in [0.5, 0.6) is 0 Å². The second-order valence-electron chi connectivity index (χ2n) is 6.16. The van der Waals surface area contributed by atoms with Gasteiger partial charge in [-0.1, -0.05) is 6.07 Å². The molecule has 3 aromatic rings. The molecule has 0 spiro atoms. The minimum absolute atomic E-state index is 0.0528. The number of benzene rings is 1. The van der Waals surface area contributed by atoms with E-state index < -0.39 is 5.69 Å². The first kappa shape index (κ1) is 15.8. The summed E-state index contributed by atoms with van der Waals surface area (Å²) in [6, 6.07) is 8.67. The van der Waals surface area contributed by atoms with Crippen LogP contribution >= 0.6 is 11.3 Å². The van der Waals surface area contributed by atoms with Gasteiger partial charge in [0.25, 0.3) is 11.5 Å². The van der Waals surface area contributed by atoms with Crippen LogP contribution in [0.2, 0.25) is 0 Å². The number of carbonyl (C=O) groups excluding carboxylic acids is 1. The first-order valence-corrected chi connectivity index (χ1v) is 9.10. The summed E-state index contributed by atoms with van der Waals surface area (Å²) in [7, 11) is 0. The summed E-state index contributed by atoms with van der Waals surface area (Å²) in [4.78, 5) is 43.0. The van der Waals surface area contributed by atoms with Crippen LogP contribution in [0, 0.1) is 0 Å². The molecule has 128 valence electrons. The molecular weight excluding hydrogens is 338 g/mol. The molecule has 1 fully saturated rings. The molecule has 1 saturated heterocycles. The number of rotatable bonds is 3. The van der Waals surface area contributed by atoms with Gasteiger partial charge >= 0.3 is 5.69 Å². The van der Waals surface area contributed by atoms with Gasteiger partial charge in [-0.15, -0.1) is 11.3 Å². The highest BCUT2D eigenvalue weighted by atomic mass is 32.1. The zero-order chi connectivity index (χ0) is 17.4. The van der Waals surface area contributed by atoms with E-state index in [1.807, 2.05) is 17.5 Å². The van der Waals surface area contributed by atoms with Crippen LogP contribution in [0.4, 0.5) is 0 Å². The van der Waals surface area contributed by atoms with Crippen molar-refractivity contribution < 1.29 is 4.79 Å². The third-order valence-electron chi connectivity index (χ3n) is 4.52. The average molecular weight is 355 g/mol. The Morgan fingerprint density at radius 2 is 1.96 bits per heavy atom. The lowest BCUT2D eigenvalue weighted by molar-refractivity contribution is 0.0793. The Balaban J connectivity index is 1.75. The van der Waals surface area contributed by atoms with Gasteiger partial charge in [-0.25, -0.2) is 4.79 Å². The number of aromatic nitrogens is 2. The summed E-state index contributed by atoms with van der Waals surface area (Å²) in [5.74, 6) is -0.0528. The topological polar surface area (TPSA) is 75.2 Å². The third kappa shape index (κ3) is 2.91. The molecule has 0 aliphatic carbocycles. The lowest BCUT2D eigenvalue weighted by Crippen LogP contribution is -2.35. The number of amides is 1. The highest BCUT2D eigenvalue weighted by Crippen LogP contribution is 2.16. The van der Waals surface area contributed by atoms with Crippen LogP contribution in [0.15, 0.2) is 45.3 Å². The molecule has 1 aliphatic rings. The Labute approximate surface area is 147 Å². The fourth-order valence-electron chi connectivity index (χ4n) is 3.19. The molecule has 0 unspecified atom stereocenters. The Morgan fingerprint density at radius 3 is 2.68 bits per heavy atom. The zero-order valence-electron chi connectivity index (χ0n) is 13.5. The van der Waals surface area contributed by atoms with E-state index in [0.29, 0.717) is 16.5 Å². The number of aromatic amines is 1. The number of carbonyl (C=O) groups is 1. The molecule has 25 heavy (non-hydrogen) atoms. The number of hydrogen-bond donors (Lipinski definition) is 1. The van der Waals surface area contributed by atoms with Crippen molar-refractivity contribution in [1.82, 2.24) is 14.5 Å². The summed E-state index contributed by atoms with van der Waals surface area (Å²) in [5, 5.41) is 2.32. The maximum absolute atomic E-state index is 12.7. The molecule has 7 heteroatoms. The van der Waals surface area contributed by atoms with E-state index in [4.69, 9.17) is 0 Å². The van der Waals surface area contributed by atoms with Crippen LogP contribution < -0.4 is 11.2 Å². The van der Waals surface area contributed by atoms with Gasteiger partial charge in [-0.05, 0) is 42.5 Å². The molecule has 1 aromatic carbocycles. The van der Waals surface area contributed by atoms with Gasteiger partial charge < -0.3 is 9.88 Å². The fourth-order valence-corrected chi connectivity index (χ4v) is 3.88. The summed E-state index contributed by atoms with van der Waals surface area (Å²) < 4.78 is 1.19. The standard InChI is InChI=1S/C18H17N3O3S/c22-16(20-7-1-2-8-20)12-5-6-14-15(10-12)19-18(24)21(17(14)23)11-13-4-3-9-25-13/h3-6,9-10H,1-2,7-8,11H2,(H,19,24). The minimum Gasteiger partial charge on any atom is -0.339 e. The molecule has 0 saturated carbocycles. The van der Waals surface area contributed by atoms with Crippen molar-refractivity contribution in [1.29, 1.82) is 0 Å². The van der Waals surface area contributed by atoms with Gasteiger partial charge in [0, 0.05) is 23.5 Å². The lowest BCUT2D eigenvalue weighted by atomic mass is 10.1. The number of nitrogens with zero attached hydrogens (tertiary/aromatic N) is 2. The normalized spacial score (nSPS) is 14.3. The molecule has 0 bridgehead atoms. The molecule has 1 aliphatic heterocycles. The van der Waals surface area contributed by atoms with Crippen molar-refractivity contribution in [3.05, 3.63) is 67.0 Å². The van der Waals surface area contributed by atoms with Gasteiger partial charge in [-0.2, -0.15) is 0 Å². The monoisotopic (exact) mass is 355 g/mol. The number of H-pyrrole nitrogens is 1. The number of fused-ring (bicyclic) bond motifs is 1. The predicted octanol–water partition coefficient (Wildman–Crippen LogP) is 2.04. The van der Waals surface area contributed by atoms with Gasteiger partial charge in [0.15, 0.2) is 0 Å². The zero-order valence-corrected chi connectivity index (χ0v) is 14.3. The van der Waals surface area contributed by atoms with Gasteiger partial charge in [0.2, 0.25) is 0 Å². The second-order valence-corrected chi connectivity index (χ2v) is 7.19. The summed E-state index contributed by atoms with van der Waals surface area (Å²) in [6.07, 6.45) is 2.03. The van der Waals surface area contributed by atoms with Crippen molar-refractivity contribution >= 4 is 28.1 Å². The predicted molar refractivity (Wildman–Crippen MR) is 97.4 cm³/mol. The summed E-state index contributed by atoms with van der Waals surface area (Å²) in [6.45, 7) is 1.77. The first-order chi connectivity index (χ1) is 12.1. The molecule has 3 heterocycles. The number of likely N-dealkylation sites (tertiary alicyclic amines) is 1. The highest BCUT2D eigenvalue weighted by Gasteiger charge is 2.20. The van der Waals surface area contributed by atoms with E-state index in [1.165, 1.54) is 15.9 Å². The average Bonchev–Trinajstić information content (AvgIpc) is 3.31. The van der Waals surface area contributed by atoms with Crippen LogP contribution in [-0.4, -0.2) is 33.4 Å². The molecule has 2 aromatic heterocycles. The van der Waals surface area contributed by atoms with Crippen LogP contribution in [0.1, 0.15) is 28.1 Å². The van der Waals surface area contributed by atoms with Crippen LogP contribution in [0.25, 0.3) is 10.9 Å². The van der Waals surface area contributed by atoms with E-state index >= 15 is 0 Å². The Bertz CT molecular complexity index is 1040. The van der Waals surface area contributed by atoms with Crippen LogP contribution in [-0.2, 0) is 6.54 Å². The van der Waals surface area contributed by atoms with Gasteiger partial charge in [0.1, 0.15) is 0 Å². The van der Waals surface area contributed by atoms with Gasteiger partial charge in [0.05, 0.1) is 17.4 Å². The number of thiophene rings is 1.